The molecule has 0 saturated heterocycles. The average Bonchev–Trinajstić information content (AvgIpc) is 2.98. The van der Waals surface area contributed by atoms with Gasteiger partial charge in [0.2, 0.25) is 10.0 Å². The first-order chi connectivity index (χ1) is 15.3. The molecule has 0 spiro atoms. The number of hydrogen-bond donors (Lipinski definition) is 2. The summed E-state index contributed by atoms with van der Waals surface area (Å²) >= 11 is 0. The van der Waals surface area contributed by atoms with Crippen molar-refractivity contribution in [3.05, 3.63) is 52.9 Å². The van der Waals surface area contributed by atoms with Gasteiger partial charge < -0.3 is 14.6 Å². The number of primary sulfonamides is 1. The quantitative estimate of drug-likeness (QED) is 0.343. The Morgan fingerprint density at radius 2 is 1.82 bits per heavy atom. The van der Waals surface area contributed by atoms with E-state index < -0.39 is 28.0 Å². The molecule has 1 heterocycles. The van der Waals surface area contributed by atoms with E-state index in [4.69, 9.17) is 9.88 Å². The normalized spacial score (nSPS) is 12.8. The van der Waals surface area contributed by atoms with Gasteiger partial charge >= 0.3 is 5.97 Å². The van der Waals surface area contributed by atoms with Crippen LogP contribution in [0.25, 0.3) is 6.08 Å². The molecule has 2 aromatic rings. The molecule has 0 fully saturated rings. The number of sulfonamides is 1. The zero-order valence-electron chi connectivity index (χ0n) is 19.2. The lowest BCUT2D eigenvalue weighted by Crippen LogP contribution is -2.30. The molecule has 2 rings (SSSR count). The van der Waals surface area contributed by atoms with Gasteiger partial charge in [0.05, 0.1) is 4.90 Å². The molecule has 1 aromatic heterocycles. The number of amides is 1. The average molecular weight is 473 g/mol. The SMILES string of the molecule is Cc1cc(/C=C(\C#N)C(=O)OC(C)C(=O)Nc2ccc(S(N)(=O)=O)cc2)c(C)n1CC(C)C. The Morgan fingerprint density at radius 3 is 2.33 bits per heavy atom. The van der Waals surface area contributed by atoms with Crippen molar-refractivity contribution in [2.24, 2.45) is 11.1 Å². The molecule has 3 N–H and O–H groups in total. The third kappa shape index (κ3) is 6.78. The number of anilines is 1. The van der Waals surface area contributed by atoms with Crippen LogP contribution in [0.15, 0.2) is 40.8 Å². The van der Waals surface area contributed by atoms with Crippen LogP contribution in [0.2, 0.25) is 0 Å². The second-order valence-electron chi connectivity index (χ2n) is 8.11. The highest BCUT2D eigenvalue weighted by molar-refractivity contribution is 7.89. The number of benzene rings is 1. The molecule has 1 aromatic carbocycles. The molecular weight excluding hydrogens is 444 g/mol. The lowest BCUT2D eigenvalue weighted by molar-refractivity contribution is -0.148. The van der Waals surface area contributed by atoms with Gasteiger partial charge in [-0.25, -0.2) is 18.4 Å². The first kappa shape index (κ1) is 25.8. The molecule has 0 aliphatic carbocycles. The summed E-state index contributed by atoms with van der Waals surface area (Å²) in [5.41, 5.74) is 2.74. The minimum absolute atomic E-state index is 0.100. The number of nitriles is 1. The van der Waals surface area contributed by atoms with Crippen molar-refractivity contribution < 1.29 is 22.7 Å². The number of carbonyl (C=O) groups excluding carboxylic acids is 2. The predicted molar refractivity (Wildman–Crippen MR) is 124 cm³/mol. The van der Waals surface area contributed by atoms with Gasteiger partial charge in [0.25, 0.3) is 5.91 Å². The van der Waals surface area contributed by atoms with Crippen LogP contribution in [0, 0.1) is 31.1 Å². The van der Waals surface area contributed by atoms with E-state index in [0.29, 0.717) is 11.6 Å². The van der Waals surface area contributed by atoms with Gasteiger partial charge in [0, 0.05) is 23.6 Å². The summed E-state index contributed by atoms with van der Waals surface area (Å²) in [6, 6.07) is 8.94. The van der Waals surface area contributed by atoms with Gasteiger partial charge in [-0.2, -0.15) is 5.26 Å². The second kappa shape index (κ2) is 10.5. The Bertz CT molecular complexity index is 1220. The predicted octanol–water partition coefficient (Wildman–Crippen LogP) is 2.89. The van der Waals surface area contributed by atoms with Crippen molar-refractivity contribution in [2.75, 3.05) is 5.32 Å². The molecule has 0 radical (unpaired) electrons. The number of aromatic nitrogens is 1. The summed E-state index contributed by atoms with van der Waals surface area (Å²) < 4.78 is 29.9. The maximum atomic E-state index is 12.5. The highest BCUT2D eigenvalue weighted by atomic mass is 32.2. The lowest BCUT2D eigenvalue weighted by atomic mass is 10.1. The van der Waals surface area contributed by atoms with Gasteiger partial charge in [-0.3, -0.25) is 4.79 Å². The molecule has 0 bridgehead atoms. The van der Waals surface area contributed by atoms with E-state index >= 15 is 0 Å². The number of nitrogens with two attached hydrogens (primary N) is 1. The molecule has 9 nitrogen and oxygen atoms in total. The van der Waals surface area contributed by atoms with Gasteiger partial charge in [-0.1, -0.05) is 13.8 Å². The fourth-order valence-electron chi connectivity index (χ4n) is 3.16. The molecule has 1 unspecified atom stereocenters. The summed E-state index contributed by atoms with van der Waals surface area (Å²) in [5, 5.41) is 17.0. The minimum Gasteiger partial charge on any atom is -0.448 e. The summed E-state index contributed by atoms with van der Waals surface area (Å²) in [6.07, 6.45) is 0.263. The van der Waals surface area contributed by atoms with Crippen molar-refractivity contribution in [1.82, 2.24) is 4.57 Å². The third-order valence-corrected chi connectivity index (χ3v) is 5.83. The summed E-state index contributed by atoms with van der Waals surface area (Å²) in [4.78, 5) is 24.8. The van der Waals surface area contributed by atoms with Crippen LogP contribution in [0.3, 0.4) is 0 Å². The Hall–Kier alpha value is -3.42. The number of nitrogens with zero attached hydrogens (tertiary/aromatic N) is 2. The van der Waals surface area contributed by atoms with Crippen LogP contribution in [0.5, 0.6) is 0 Å². The van der Waals surface area contributed by atoms with Crippen molar-refractivity contribution in [3.8, 4) is 6.07 Å². The van der Waals surface area contributed by atoms with E-state index in [0.717, 1.165) is 23.5 Å². The van der Waals surface area contributed by atoms with Crippen LogP contribution >= 0.6 is 0 Å². The standard InChI is InChI=1S/C23H28N4O5S/c1-14(2)13-27-15(3)10-18(16(27)4)11-19(12-24)23(29)32-17(5)22(28)26-20-6-8-21(9-7-20)33(25,30)31/h6-11,14,17H,13H2,1-5H3,(H,26,28)(H2,25,30,31)/b19-11+. The Balaban J connectivity index is 2.11. The highest BCUT2D eigenvalue weighted by Gasteiger charge is 2.22. The van der Waals surface area contributed by atoms with E-state index in [1.807, 2.05) is 26.0 Å². The summed E-state index contributed by atoms with van der Waals surface area (Å²) in [7, 11) is -3.85. The van der Waals surface area contributed by atoms with E-state index in [1.54, 1.807) is 0 Å². The topological polar surface area (TPSA) is 144 Å². The monoisotopic (exact) mass is 472 g/mol. The Morgan fingerprint density at radius 1 is 1.21 bits per heavy atom. The zero-order chi connectivity index (χ0) is 24.9. The number of rotatable bonds is 8. The number of hydrogen-bond acceptors (Lipinski definition) is 6. The molecule has 0 aliphatic rings. The van der Waals surface area contributed by atoms with E-state index in [9.17, 15) is 23.3 Å². The number of carbonyl (C=O) groups is 2. The van der Waals surface area contributed by atoms with Crippen molar-refractivity contribution in [1.29, 1.82) is 5.26 Å². The minimum atomic E-state index is -3.85. The fourth-order valence-corrected chi connectivity index (χ4v) is 3.68. The second-order valence-corrected chi connectivity index (χ2v) is 9.67. The van der Waals surface area contributed by atoms with Gasteiger partial charge in [-0.05, 0) is 68.7 Å². The Kier molecular flexibility index (Phi) is 8.19. The van der Waals surface area contributed by atoms with Crippen LogP contribution in [-0.2, 0) is 30.9 Å². The van der Waals surface area contributed by atoms with Gasteiger partial charge in [-0.15, -0.1) is 0 Å². The molecule has 0 aliphatic heterocycles. The molecule has 176 valence electrons. The lowest BCUT2D eigenvalue weighted by Gasteiger charge is -2.13. The van der Waals surface area contributed by atoms with E-state index in [1.165, 1.54) is 37.3 Å². The zero-order valence-corrected chi connectivity index (χ0v) is 20.1. The van der Waals surface area contributed by atoms with Crippen LogP contribution < -0.4 is 10.5 Å². The first-order valence-corrected chi connectivity index (χ1v) is 11.8. The van der Waals surface area contributed by atoms with Crippen LogP contribution in [0.1, 0.15) is 37.7 Å². The maximum Gasteiger partial charge on any atom is 0.349 e. The molecular formula is C23H28N4O5S. The maximum absolute atomic E-state index is 12.5. The number of nitrogens with one attached hydrogen (secondary N) is 1. The number of ether oxygens (including phenoxy) is 1. The molecule has 10 heteroatoms. The molecule has 0 saturated carbocycles. The fraction of sp³-hybridized carbons (Fsp3) is 0.348. The van der Waals surface area contributed by atoms with E-state index in [2.05, 4.69) is 23.7 Å². The van der Waals surface area contributed by atoms with Crippen molar-refractivity contribution >= 4 is 33.7 Å². The smallest absolute Gasteiger partial charge is 0.349 e. The van der Waals surface area contributed by atoms with Gasteiger partial charge in [0.15, 0.2) is 6.10 Å². The van der Waals surface area contributed by atoms with E-state index in [-0.39, 0.29) is 10.5 Å². The number of esters is 1. The number of aryl methyl sites for hydroxylation is 1. The van der Waals surface area contributed by atoms with Crippen molar-refractivity contribution in [2.45, 2.75) is 52.2 Å². The molecule has 33 heavy (non-hydrogen) atoms. The largest absolute Gasteiger partial charge is 0.448 e. The van der Waals surface area contributed by atoms with Crippen molar-refractivity contribution in [3.63, 3.8) is 0 Å². The highest BCUT2D eigenvalue weighted by Crippen LogP contribution is 2.20. The summed E-state index contributed by atoms with van der Waals surface area (Å²) in [6.45, 7) is 10.3. The third-order valence-electron chi connectivity index (χ3n) is 4.90. The molecule has 1 atom stereocenters. The molecule has 1 amide bonds. The van der Waals surface area contributed by atoms with Crippen LogP contribution in [0.4, 0.5) is 5.69 Å². The van der Waals surface area contributed by atoms with Crippen LogP contribution in [-0.4, -0.2) is 31.0 Å². The van der Waals surface area contributed by atoms with Gasteiger partial charge in [0.1, 0.15) is 11.6 Å². The first-order valence-electron chi connectivity index (χ1n) is 10.3. The Labute approximate surface area is 193 Å². The summed E-state index contributed by atoms with van der Waals surface area (Å²) in [5.74, 6) is -1.13.